The first-order valence-corrected chi connectivity index (χ1v) is 11.1. The molecule has 1 saturated heterocycles. The average molecular weight is 409 g/mol. The Morgan fingerprint density at radius 3 is 2.55 bits per heavy atom. The Hall–Kier alpha value is -2.31. The van der Waals surface area contributed by atoms with Crippen molar-refractivity contribution < 1.29 is 4.74 Å². The summed E-state index contributed by atoms with van der Waals surface area (Å²) in [5, 5.41) is 10.4. The van der Waals surface area contributed by atoms with Gasteiger partial charge in [0.15, 0.2) is 5.16 Å². The maximum atomic E-state index is 5.39. The van der Waals surface area contributed by atoms with Gasteiger partial charge in [-0.05, 0) is 56.1 Å². The maximum absolute atomic E-state index is 5.39. The summed E-state index contributed by atoms with van der Waals surface area (Å²) in [6.45, 7) is 6.18. The first kappa shape index (κ1) is 20.0. The molecule has 0 spiro atoms. The summed E-state index contributed by atoms with van der Waals surface area (Å²) in [6.07, 6.45) is 2.56. The molecule has 4 rings (SSSR count). The van der Waals surface area contributed by atoms with E-state index in [1.54, 1.807) is 18.9 Å². The number of likely N-dealkylation sites (tertiary alicyclic amines) is 1. The minimum Gasteiger partial charge on any atom is -0.497 e. The molecular weight excluding hydrogens is 380 g/mol. The van der Waals surface area contributed by atoms with Crippen LogP contribution >= 0.6 is 11.8 Å². The number of methoxy groups -OCH3 is 1. The van der Waals surface area contributed by atoms with Gasteiger partial charge in [0.05, 0.1) is 20.2 Å². The van der Waals surface area contributed by atoms with Crippen molar-refractivity contribution in [1.29, 1.82) is 0 Å². The third-order valence-corrected chi connectivity index (χ3v) is 6.52. The molecule has 1 atom stereocenters. The molecule has 0 unspecified atom stereocenters. The Morgan fingerprint density at radius 1 is 1.00 bits per heavy atom. The molecular formula is C23H28N4OS. The molecule has 29 heavy (non-hydrogen) atoms. The fourth-order valence-electron chi connectivity index (χ4n) is 3.71. The second-order valence-corrected chi connectivity index (χ2v) is 8.80. The number of nitrogens with zero attached hydrogens (tertiary/aromatic N) is 4. The smallest absolute Gasteiger partial charge is 0.192 e. The van der Waals surface area contributed by atoms with Crippen molar-refractivity contribution in [3.63, 3.8) is 0 Å². The molecule has 0 N–H and O–H groups in total. The van der Waals surface area contributed by atoms with Crippen LogP contribution in [-0.2, 0) is 13.1 Å². The minimum atomic E-state index is 0.253. The average Bonchev–Trinajstić information content (AvgIpc) is 3.40. The summed E-state index contributed by atoms with van der Waals surface area (Å²) in [5.41, 5.74) is 2.50. The lowest BCUT2D eigenvalue weighted by Crippen LogP contribution is -2.21. The Morgan fingerprint density at radius 2 is 1.79 bits per heavy atom. The van der Waals surface area contributed by atoms with Crippen LogP contribution in [0.25, 0.3) is 0 Å². The molecule has 1 aliphatic rings. The molecule has 1 aliphatic heterocycles. The van der Waals surface area contributed by atoms with Crippen LogP contribution < -0.4 is 4.74 Å². The third-order valence-electron chi connectivity index (χ3n) is 5.39. The second kappa shape index (κ2) is 9.46. The molecule has 2 aromatic carbocycles. The first-order valence-electron chi connectivity index (χ1n) is 10.2. The van der Waals surface area contributed by atoms with E-state index in [0.29, 0.717) is 0 Å². The van der Waals surface area contributed by atoms with Crippen LogP contribution in [0, 0.1) is 0 Å². The van der Waals surface area contributed by atoms with Crippen molar-refractivity contribution in [2.75, 3.05) is 20.2 Å². The van der Waals surface area contributed by atoms with Gasteiger partial charge >= 0.3 is 0 Å². The summed E-state index contributed by atoms with van der Waals surface area (Å²) < 4.78 is 7.68. The molecule has 1 fully saturated rings. The fourth-order valence-corrected chi connectivity index (χ4v) is 4.69. The summed E-state index contributed by atoms with van der Waals surface area (Å²) in [5.74, 6) is 1.94. The Bertz CT molecular complexity index is 922. The molecule has 2 heterocycles. The highest BCUT2D eigenvalue weighted by Crippen LogP contribution is 2.35. The van der Waals surface area contributed by atoms with Crippen molar-refractivity contribution in [3.05, 3.63) is 71.5 Å². The molecule has 0 aliphatic carbocycles. The van der Waals surface area contributed by atoms with Crippen LogP contribution in [0.15, 0.2) is 59.8 Å². The maximum Gasteiger partial charge on any atom is 0.192 e. The number of benzene rings is 2. The van der Waals surface area contributed by atoms with Crippen molar-refractivity contribution in [3.8, 4) is 5.75 Å². The van der Waals surface area contributed by atoms with Gasteiger partial charge in [-0.1, -0.05) is 54.2 Å². The van der Waals surface area contributed by atoms with Gasteiger partial charge in [-0.15, -0.1) is 10.2 Å². The highest BCUT2D eigenvalue weighted by Gasteiger charge is 2.20. The predicted molar refractivity (Wildman–Crippen MR) is 117 cm³/mol. The quantitative estimate of drug-likeness (QED) is 0.502. The summed E-state index contributed by atoms with van der Waals surface area (Å²) in [4.78, 5) is 2.48. The van der Waals surface area contributed by atoms with Crippen molar-refractivity contribution in [2.45, 2.75) is 43.3 Å². The van der Waals surface area contributed by atoms with Crippen LogP contribution in [-0.4, -0.2) is 39.9 Å². The van der Waals surface area contributed by atoms with Gasteiger partial charge in [0.1, 0.15) is 11.6 Å². The van der Waals surface area contributed by atoms with E-state index in [9.17, 15) is 0 Å². The zero-order valence-electron chi connectivity index (χ0n) is 17.1. The molecule has 152 valence electrons. The molecule has 5 nitrogen and oxygen atoms in total. The number of ether oxygens (including phenoxy) is 1. The van der Waals surface area contributed by atoms with Crippen molar-refractivity contribution in [2.24, 2.45) is 0 Å². The highest BCUT2D eigenvalue weighted by molar-refractivity contribution is 7.99. The normalized spacial score (nSPS) is 15.5. The Kier molecular flexibility index (Phi) is 6.52. The summed E-state index contributed by atoms with van der Waals surface area (Å²) in [7, 11) is 1.71. The largest absolute Gasteiger partial charge is 0.497 e. The fraction of sp³-hybridized carbons (Fsp3) is 0.391. The number of aromatic nitrogens is 3. The minimum absolute atomic E-state index is 0.253. The molecule has 0 bridgehead atoms. The lowest BCUT2D eigenvalue weighted by atomic mass is 10.1. The Labute approximate surface area is 177 Å². The van der Waals surface area contributed by atoms with Gasteiger partial charge in [0.25, 0.3) is 0 Å². The van der Waals surface area contributed by atoms with E-state index in [-0.39, 0.29) is 5.25 Å². The predicted octanol–water partition coefficient (Wildman–Crippen LogP) is 4.78. The number of rotatable bonds is 8. The molecule has 0 saturated carbocycles. The van der Waals surface area contributed by atoms with Gasteiger partial charge in [0, 0.05) is 5.25 Å². The van der Waals surface area contributed by atoms with Gasteiger partial charge in [0.2, 0.25) is 0 Å². The summed E-state index contributed by atoms with van der Waals surface area (Å²) in [6, 6.07) is 18.8. The molecule has 0 amide bonds. The zero-order valence-corrected chi connectivity index (χ0v) is 17.9. The van der Waals surface area contributed by atoms with E-state index in [4.69, 9.17) is 4.74 Å². The van der Waals surface area contributed by atoms with Gasteiger partial charge in [-0.2, -0.15) is 0 Å². The van der Waals surface area contributed by atoms with E-state index in [0.717, 1.165) is 42.9 Å². The number of hydrogen-bond acceptors (Lipinski definition) is 5. The third kappa shape index (κ3) is 5.00. The van der Waals surface area contributed by atoms with E-state index in [1.165, 1.54) is 24.0 Å². The van der Waals surface area contributed by atoms with Crippen LogP contribution in [0.4, 0.5) is 0 Å². The monoisotopic (exact) mass is 408 g/mol. The second-order valence-electron chi connectivity index (χ2n) is 7.49. The van der Waals surface area contributed by atoms with E-state index in [2.05, 4.69) is 69.1 Å². The van der Waals surface area contributed by atoms with Crippen LogP contribution in [0.2, 0.25) is 0 Å². The summed E-state index contributed by atoms with van der Waals surface area (Å²) >= 11 is 1.76. The standard InChI is InChI=1S/C23H28N4OS/c1-18(20-11-8-12-21(15-20)28-2)29-23-25-24-22(17-26-13-6-7-14-26)27(23)16-19-9-4-3-5-10-19/h3-5,8-12,15,18H,6-7,13-14,16-17H2,1-2H3/t18-/m0/s1. The molecule has 1 aromatic heterocycles. The molecule has 6 heteroatoms. The lowest BCUT2D eigenvalue weighted by Gasteiger charge is -2.17. The zero-order chi connectivity index (χ0) is 20.1. The van der Waals surface area contributed by atoms with Crippen molar-refractivity contribution >= 4 is 11.8 Å². The van der Waals surface area contributed by atoms with Gasteiger partial charge in [-0.3, -0.25) is 4.90 Å². The first-order chi connectivity index (χ1) is 14.2. The van der Waals surface area contributed by atoms with Crippen LogP contribution in [0.3, 0.4) is 0 Å². The molecule has 3 aromatic rings. The SMILES string of the molecule is COc1cccc([C@H](C)Sc2nnc(CN3CCCC3)n2Cc2ccccc2)c1. The lowest BCUT2D eigenvalue weighted by molar-refractivity contribution is 0.316. The van der Waals surface area contributed by atoms with Crippen LogP contribution in [0.1, 0.15) is 42.0 Å². The van der Waals surface area contributed by atoms with E-state index in [1.807, 2.05) is 12.1 Å². The van der Waals surface area contributed by atoms with Gasteiger partial charge < -0.3 is 9.30 Å². The number of thioether (sulfide) groups is 1. The topological polar surface area (TPSA) is 43.2 Å². The Balaban J connectivity index is 1.58. The van der Waals surface area contributed by atoms with E-state index < -0.39 is 0 Å². The van der Waals surface area contributed by atoms with Crippen molar-refractivity contribution in [1.82, 2.24) is 19.7 Å². The van der Waals surface area contributed by atoms with Crippen LogP contribution in [0.5, 0.6) is 5.75 Å². The number of hydrogen-bond donors (Lipinski definition) is 0. The van der Waals surface area contributed by atoms with Gasteiger partial charge in [-0.25, -0.2) is 0 Å². The highest BCUT2D eigenvalue weighted by atomic mass is 32.2. The molecule has 0 radical (unpaired) electrons. The van der Waals surface area contributed by atoms with E-state index >= 15 is 0 Å².